The van der Waals surface area contributed by atoms with Gasteiger partial charge in [0.25, 0.3) is 0 Å². The van der Waals surface area contributed by atoms with Gasteiger partial charge in [-0.25, -0.2) is 0 Å². The normalized spacial score (nSPS) is 32.4. The first-order chi connectivity index (χ1) is 19.8. The molecule has 0 aromatic heterocycles. The van der Waals surface area contributed by atoms with Crippen LogP contribution >= 0.6 is 0 Å². The van der Waals surface area contributed by atoms with E-state index in [1.165, 1.54) is 50.5 Å². The van der Waals surface area contributed by atoms with Crippen molar-refractivity contribution in [1.29, 1.82) is 0 Å². The summed E-state index contributed by atoms with van der Waals surface area (Å²) in [7, 11) is 0. The lowest BCUT2D eigenvalue weighted by atomic mass is 9.47. The van der Waals surface area contributed by atoms with E-state index in [0.29, 0.717) is 24.2 Å². The van der Waals surface area contributed by atoms with Gasteiger partial charge in [-0.15, -0.1) is 0 Å². The molecule has 4 nitrogen and oxygen atoms in total. The topological polar surface area (TPSA) is 60.4 Å². The third-order valence-electron chi connectivity index (χ3n) is 11.5. The number of esters is 1. The van der Waals surface area contributed by atoms with Gasteiger partial charge in [-0.1, -0.05) is 83.1 Å². The van der Waals surface area contributed by atoms with E-state index in [2.05, 4.69) is 39.0 Å². The Morgan fingerprint density at radius 3 is 2.37 bits per heavy atom. The van der Waals surface area contributed by atoms with Crippen molar-refractivity contribution in [2.75, 3.05) is 6.61 Å². The van der Waals surface area contributed by atoms with Crippen molar-refractivity contribution in [3.05, 3.63) is 36.0 Å². The van der Waals surface area contributed by atoms with Crippen LogP contribution in [0.4, 0.5) is 0 Å². The number of allylic oxidation sites excluding steroid dienone is 6. The summed E-state index contributed by atoms with van der Waals surface area (Å²) >= 11 is 0. The fourth-order valence-corrected chi connectivity index (χ4v) is 9.04. The number of fused-ring (bicyclic) bond motifs is 5. The Bertz CT molecular complexity index is 1000. The molecule has 6 unspecified atom stereocenters. The van der Waals surface area contributed by atoms with Gasteiger partial charge in [-0.05, 0) is 106 Å². The number of hydrogen-bond acceptors (Lipinski definition) is 4. The summed E-state index contributed by atoms with van der Waals surface area (Å²) in [6.45, 7) is 6.86. The van der Waals surface area contributed by atoms with E-state index in [0.717, 1.165) is 64.2 Å². The number of carbonyl (C=O) groups is 3. The molecule has 4 heteroatoms. The van der Waals surface area contributed by atoms with Crippen molar-refractivity contribution < 1.29 is 19.1 Å². The molecular weight excluding hydrogens is 508 g/mol. The molecule has 0 aromatic carbocycles. The highest BCUT2D eigenvalue weighted by Crippen LogP contribution is 2.66. The zero-order valence-electron chi connectivity index (χ0n) is 26.3. The monoisotopic (exact) mass is 564 g/mol. The molecule has 0 radical (unpaired) electrons. The van der Waals surface area contributed by atoms with Crippen LogP contribution in [0.5, 0.6) is 0 Å². The van der Waals surface area contributed by atoms with Gasteiger partial charge in [-0.3, -0.25) is 14.4 Å². The number of unbranched alkanes of at least 4 members (excludes halogenated alkanes) is 9. The molecule has 228 valence electrons. The zero-order valence-corrected chi connectivity index (χ0v) is 26.3. The number of ketones is 2. The maximum atomic E-state index is 13.3. The predicted molar refractivity (Wildman–Crippen MR) is 166 cm³/mol. The van der Waals surface area contributed by atoms with Crippen molar-refractivity contribution in [3.63, 3.8) is 0 Å². The number of hydrogen-bond donors (Lipinski definition) is 0. The fourth-order valence-electron chi connectivity index (χ4n) is 9.04. The molecule has 0 saturated heterocycles. The Labute approximate surface area is 249 Å². The van der Waals surface area contributed by atoms with Gasteiger partial charge in [0, 0.05) is 17.8 Å². The highest BCUT2D eigenvalue weighted by atomic mass is 16.5. The van der Waals surface area contributed by atoms with E-state index in [4.69, 9.17) is 4.74 Å². The first-order valence-corrected chi connectivity index (χ1v) is 17.1. The molecular formula is C37H56O4. The second kappa shape index (κ2) is 15.0. The van der Waals surface area contributed by atoms with Crippen LogP contribution in [0.3, 0.4) is 0 Å². The number of ether oxygens (including phenoxy) is 1. The molecule has 0 aliphatic heterocycles. The van der Waals surface area contributed by atoms with E-state index < -0.39 is 0 Å². The smallest absolute Gasteiger partial charge is 0.306 e. The predicted octanol–water partition coefficient (Wildman–Crippen LogP) is 9.28. The van der Waals surface area contributed by atoms with Crippen molar-refractivity contribution in [1.82, 2.24) is 0 Å². The van der Waals surface area contributed by atoms with Crippen LogP contribution in [0.1, 0.15) is 136 Å². The van der Waals surface area contributed by atoms with Gasteiger partial charge in [0.15, 0.2) is 11.6 Å². The fraction of sp³-hybridized carbons (Fsp3) is 0.757. The third kappa shape index (κ3) is 7.71. The molecule has 0 heterocycles. The lowest BCUT2D eigenvalue weighted by Crippen LogP contribution is -2.50. The van der Waals surface area contributed by atoms with Gasteiger partial charge in [0.2, 0.25) is 0 Å². The molecule has 4 rings (SSSR count). The minimum Gasteiger partial charge on any atom is -0.458 e. The Morgan fingerprint density at radius 2 is 1.61 bits per heavy atom. The van der Waals surface area contributed by atoms with Crippen molar-refractivity contribution in [3.8, 4) is 0 Å². The summed E-state index contributed by atoms with van der Waals surface area (Å²) in [5.41, 5.74) is 1.30. The molecule has 0 bridgehead atoms. The van der Waals surface area contributed by atoms with E-state index in [-0.39, 0.29) is 40.9 Å². The molecule has 0 N–H and O–H groups in total. The van der Waals surface area contributed by atoms with Crippen molar-refractivity contribution in [2.45, 2.75) is 136 Å². The van der Waals surface area contributed by atoms with Gasteiger partial charge in [-0.2, -0.15) is 0 Å². The van der Waals surface area contributed by atoms with Gasteiger partial charge < -0.3 is 4.74 Å². The van der Waals surface area contributed by atoms with E-state index in [1.807, 2.05) is 6.08 Å². The SMILES string of the molecule is CCCCCC/C=C\CCCCCCCC(=O)OCC(=O)C1CCC2C3CCC4=CC(=O)C=CC4(C)C3CCC12C. The number of Topliss-reactive ketones (excluding diaryl/α,β-unsaturated/α-hetero) is 1. The molecule has 0 spiro atoms. The van der Waals surface area contributed by atoms with Crippen LogP contribution in [0, 0.1) is 34.5 Å². The average Bonchev–Trinajstić information content (AvgIpc) is 3.32. The van der Waals surface area contributed by atoms with Crippen LogP contribution in [0.15, 0.2) is 36.0 Å². The standard InChI is InChI=1S/C37H56O4/c1-4-5-6-7-8-9-10-11-12-13-14-15-16-17-35(40)41-27-34(39)33-21-20-31-30-19-18-28-26-29(38)22-24-36(28,2)32(30)23-25-37(31,33)3/h9-10,22,24,26,30-33H,4-8,11-21,23,25,27H2,1-3H3/b10-9-. The quantitative estimate of drug-likeness (QED) is 0.106. The second-order valence-corrected chi connectivity index (χ2v) is 14.0. The molecule has 3 saturated carbocycles. The molecule has 6 atom stereocenters. The first kappa shape index (κ1) is 32.0. The van der Waals surface area contributed by atoms with Crippen LogP contribution in [0.2, 0.25) is 0 Å². The minimum absolute atomic E-state index is 0.000129. The number of carbonyl (C=O) groups excluding carboxylic acids is 3. The van der Waals surface area contributed by atoms with Gasteiger partial charge >= 0.3 is 5.97 Å². The summed E-state index contributed by atoms with van der Waals surface area (Å²) < 4.78 is 5.51. The molecule has 4 aliphatic carbocycles. The lowest BCUT2D eigenvalue weighted by molar-refractivity contribution is -0.151. The van der Waals surface area contributed by atoms with Crippen LogP contribution in [-0.4, -0.2) is 24.1 Å². The van der Waals surface area contributed by atoms with E-state index >= 15 is 0 Å². The Kier molecular flexibility index (Phi) is 11.7. The molecule has 3 fully saturated rings. The zero-order chi connectivity index (χ0) is 29.3. The average molecular weight is 565 g/mol. The molecule has 0 aromatic rings. The molecule has 4 aliphatic rings. The second-order valence-electron chi connectivity index (χ2n) is 14.0. The summed E-state index contributed by atoms with van der Waals surface area (Å²) in [6.07, 6.45) is 30.4. The van der Waals surface area contributed by atoms with Gasteiger partial charge in [0.1, 0.15) is 6.61 Å². The maximum absolute atomic E-state index is 13.3. The van der Waals surface area contributed by atoms with Crippen LogP contribution in [-0.2, 0) is 19.1 Å². The van der Waals surface area contributed by atoms with E-state index in [1.54, 1.807) is 6.08 Å². The largest absolute Gasteiger partial charge is 0.458 e. The highest BCUT2D eigenvalue weighted by molar-refractivity contribution is 6.01. The van der Waals surface area contributed by atoms with Crippen LogP contribution < -0.4 is 0 Å². The first-order valence-electron chi connectivity index (χ1n) is 17.1. The minimum atomic E-state index is -0.217. The highest BCUT2D eigenvalue weighted by Gasteiger charge is 2.59. The summed E-state index contributed by atoms with van der Waals surface area (Å²) in [5.74, 6) is 1.73. The molecule has 41 heavy (non-hydrogen) atoms. The van der Waals surface area contributed by atoms with E-state index in [9.17, 15) is 14.4 Å². The third-order valence-corrected chi connectivity index (χ3v) is 11.5. The Hall–Kier alpha value is -1.97. The van der Waals surface area contributed by atoms with Gasteiger partial charge in [0.05, 0.1) is 0 Å². The van der Waals surface area contributed by atoms with Crippen LogP contribution in [0.25, 0.3) is 0 Å². The molecule has 0 amide bonds. The Morgan fingerprint density at radius 1 is 0.902 bits per heavy atom. The summed E-state index contributed by atoms with van der Waals surface area (Å²) in [5, 5.41) is 0. The summed E-state index contributed by atoms with van der Waals surface area (Å²) in [6, 6.07) is 0. The number of rotatable bonds is 16. The lowest BCUT2D eigenvalue weighted by Gasteiger charge is -2.56. The summed E-state index contributed by atoms with van der Waals surface area (Å²) in [4.78, 5) is 37.7. The van der Waals surface area contributed by atoms with Crippen molar-refractivity contribution in [2.24, 2.45) is 34.5 Å². The maximum Gasteiger partial charge on any atom is 0.306 e. The van der Waals surface area contributed by atoms with Crippen molar-refractivity contribution >= 4 is 17.5 Å². The Balaban J connectivity index is 1.12.